The summed E-state index contributed by atoms with van der Waals surface area (Å²) in [6, 6.07) is 3.69. The smallest absolute Gasteiger partial charge is 0.337 e. The SMILES string of the molecule is O=C(O)c1ccc(S(=O)(=O)CCN2CCOCC2)cc1Cl. The molecule has 2 rings (SSSR count). The number of carbonyl (C=O) groups is 1. The Labute approximate surface area is 128 Å². The van der Waals surface area contributed by atoms with Crippen LogP contribution in [0.15, 0.2) is 23.1 Å². The van der Waals surface area contributed by atoms with Gasteiger partial charge in [-0.15, -0.1) is 0 Å². The average molecular weight is 334 g/mol. The van der Waals surface area contributed by atoms with Crippen LogP contribution in [-0.2, 0) is 14.6 Å². The summed E-state index contributed by atoms with van der Waals surface area (Å²) >= 11 is 5.81. The van der Waals surface area contributed by atoms with Gasteiger partial charge in [0.1, 0.15) is 0 Å². The summed E-state index contributed by atoms with van der Waals surface area (Å²) in [6.45, 7) is 3.07. The van der Waals surface area contributed by atoms with E-state index in [2.05, 4.69) is 0 Å². The molecule has 1 heterocycles. The summed E-state index contributed by atoms with van der Waals surface area (Å²) in [5.74, 6) is -1.22. The van der Waals surface area contributed by atoms with Crippen molar-refractivity contribution in [1.82, 2.24) is 4.90 Å². The van der Waals surface area contributed by atoms with Crippen LogP contribution in [0.3, 0.4) is 0 Å². The summed E-state index contributed by atoms with van der Waals surface area (Å²) in [5.41, 5.74) is -0.108. The van der Waals surface area contributed by atoms with E-state index in [1.54, 1.807) is 0 Å². The fourth-order valence-electron chi connectivity index (χ4n) is 2.05. The molecule has 0 spiro atoms. The van der Waals surface area contributed by atoms with E-state index in [0.717, 1.165) is 0 Å². The Kier molecular flexibility index (Phi) is 5.21. The third-order valence-corrected chi connectivity index (χ3v) is 5.31. The molecule has 6 nitrogen and oxygen atoms in total. The van der Waals surface area contributed by atoms with Crippen molar-refractivity contribution >= 4 is 27.4 Å². The summed E-state index contributed by atoms with van der Waals surface area (Å²) in [7, 11) is -3.48. The molecule has 21 heavy (non-hydrogen) atoms. The maximum Gasteiger partial charge on any atom is 0.337 e. The Morgan fingerprint density at radius 1 is 1.33 bits per heavy atom. The number of sulfone groups is 1. The lowest BCUT2D eigenvalue weighted by molar-refractivity contribution is 0.0408. The number of carboxylic acids is 1. The molecule has 0 aromatic heterocycles. The van der Waals surface area contributed by atoms with Crippen molar-refractivity contribution in [2.75, 3.05) is 38.6 Å². The highest BCUT2D eigenvalue weighted by Crippen LogP contribution is 2.22. The van der Waals surface area contributed by atoms with Crippen LogP contribution in [0.5, 0.6) is 0 Å². The number of carboxylic acid groups (broad SMARTS) is 1. The van der Waals surface area contributed by atoms with Crippen LogP contribution in [0.1, 0.15) is 10.4 Å². The van der Waals surface area contributed by atoms with Crippen molar-refractivity contribution in [2.45, 2.75) is 4.90 Å². The quantitative estimate of drug-likeness (QED) is 0.870. The Morgan fingerprint density at radius 3 is 2.57 bits per heavy atom. The largest absolute Gasteiger partial charge is 0.478 e. The zero-order valence-electron chi connectivity index (χ0n) is 11.3. The molecule has 8 heteroatoms. The molecule has 0 atom stereocenters. The van der Waals surface area contributed by atoms with Gasteiger partial charge in [0, 0.05) is 19.6 Å². The molecule has 1 N–H and O–H groups in total. The van der Waals surface area contributed by atoms with Crippen LogP contribution in [0.25, 0.3) is 0 Å². The van der Waals surface area contributed by atoms with Gasteiger partial charge < -0.3 is 9.84 Å². The summed E-state index contributed by atoms with van der Waals surface area (Å²) < 4.78 is 29.7. The molecule has 1 saturated heterocycles. The molecule has 0 saturated carbocycles. The van der Waals surface area contributed by atoms with Crippen LogP contribution < -0.4 is 0 Å². The van der Waals surface area contributed by atoms with E-state index in [9.17, 15) is 13.2 Å². The predicted octanol–water partition coefficient (Wildman–Crippen LogP) is 1.14. The van der Waals surface area contributed by atoms with Gasteiger partial charge in [-0.1, -0.05) is 11.6 Å². The van der Waals surface area contributed by atoms with E-state index < -0.39 is 15.8 Å². The molecule has 0 bridgehead atoms. The van der Waals surface area contributed by atoms with E-state index in [-0.39, 0.29) is 21.2 Å². The molecule has 1 aromatic rings. The molecule has 116 valence electrons. The van der Waals surface area contributed by atoms with Gasteiger partial charge in [-0.25, -0.2) is 13.2 Å². The van der Waals surface area contributed by atoms with E-state index >= 15 is 0 Å². The molecule has 1 aliphatic heterocycles. The number of nitrogens with zero attached hydrogens (tertiary/aromatic N) is 1. The van der Waals surface area contributed by atoms with E-state index in [0.29, 0.717) is 32.8 Å². The molecule has 0 unspecified atom stereocenters. The minimum absolute atomic E-state index is 0.0320. The topological polar surface area (TPSA) is 83.9 Å². The molecule has 1 fully saturated rings. The fourth-order valence-corrected chi connectivity index (χ4v) is 3.69. The van der Waals surface area contributed by atoms with Crippen LogP contribution in [0.2, 0.25) is 5.02 Å². The molecular formula is C13H16ClNO5S. The molecule has 1 aromatic carbocycles. The normalized spacial score (nSPS) is 16.8. The Hall–Kier alpha value is -1.15. The second-order valence-corrected chi connectivity index (χ2v) is 7.24. The van der Waals surface area contributed by atoms with Gasteiger partial charge in [0.05, 0.1) is 34.4 Å². The zero-order valence-corrected chi connectivity index (χ0v) is 12.9. The summed E-state index contributed by atoms with van der Waals surface area (Å²) in [6.07, 6.45) is 0. The lowest BCUT2D eigenvalue weighted by Gasteiger charge is -2.26. The van der Waals surface area contributed by atoms with Gasteiger partial charge in [0.2, 0.25) is 0 Å². The van der Waals surface area contributed by atoms with Crippen LogP contribution in [0.4, 0.5) is 0 Å². The first-order valence-electron chi connectivity index (χ1n) is 6.46. The number of rotatable bonds is 5. The number of morpholine rings is 1. The molecule has 0 amide bonds. The number of hydrogen-bond acceptors (Lipinski definition) is 5. The average Bonchev–Trinajstić information content (AvgIpc) is 2.46. The Balaban J connectivity index is 2.08. The fraction of sp³-hybridized carbons (Fsp3) is 0.462. The molecule has 1 aliphatic rings. The minimum atomic E-state index is -3.48. The van der Waals surface area contributed by atoms with Crippen molar-refractivity contribution in [1.29, 1.82) is 0 Å². The Morgan fingerprint density at radius 2 is 2.00 bits per heavy atom. The number of aromatic carboxylic acids is 1. The standard InChI is InChI=1S/C13H16ClNO5S/c14-12-9-10(1-2-11(12)13(16)17)21(18,19)8-5-15-3-6-20-7-4-15/h1-2,9H,3-8H2,(H,16,17). The van der Waals surface area contributed by atoms with Crippen molar-refractivity contribution in [3.63, 3.8) is 0 Å². The van der Waals surface area contributed by atoms with Gasteiger partial charge in [-0.05, 0) is 18.2 Å². The monoisotopic (exact) mass is 333 g/mol. The van der Waals surface area contributed by atoms with Gasteiger partial charge in [0.25, 0.3) is 0 Å². The van der Waals surface area contributed by atoms with E-state index in [1.807, 2.05) is 4.90 Å². The third kappa shape index (κ3) is 4.16. The first-order valence-corrected chi connectivity index (χ1v) is 8.49. The van der Waals surface area contributed by atoms with Crippen molar-refractivity contribution in [3.05, 3.63) is 28.8 Å². The summed E-state index contributed by atoms with van der Waals surface area (Å²) in [4.78, 5) is 12.9. The van der Waals surface area contributed by atoms with Gasteiger partial charge in [-0.3, -0.25) is 4.90 Å². The molecular weight excluding hydrogens is 318 g/mol. The van der Waals surface area contributed by atoms with E-state index in [1.165, 1.54) is 18.2 Å². The Bertz CT molecular complexity index is 625. The van der Waals surface area contributed by atoms with Crippen LogP contribution in [-0.4, -0.2) is 63.0 Å². The van der Waals surface area contributed by atoms with E-state index in [4.69, 9.17) is 21.4 Å². The van der Waals surface area contributed by atoms with Crippen molar-refractivity contribution in [3.8, 4) is 0 Å². The number of benzene rings is 1. The van der Waals surface area contributed by atoms with Gasteiger partial charge in [0.15, 0.2) is 9.84 Å². The van der Waals surface area contributed by atoms with Gasteiger partial charge in [-0.2, -0.15) is 0 Å². The predicted molar refractivity (Wildman–Crippen MR) is 77.7 cm³/mol. The highest BCUT2D eigenvalue weighted by Gasteiger charge is 2.20. The lowest BCUT2D eigenvalue weighted by atomic mass is 10.2. The van der Waals surface area contributed by atoms with Crippen LogP contribution in [0, 0.1) is 0 Å². The lowest BCUT2D eigenvalue weighted by Crippen LogP contribution is -2.39. The first kappa shape index (κ1) is 16.2. The number of ether oxygens (including phenoxy) is 1. The zero-order chi connectivity index (χ0) is 15.5. The first-order chi connectivity index (χ1) is 9.90. The minimum Gasteiger partial charge on any atom is -0.478 e. The van der Waals surface area contributed by atoms with Crippen molar-refractivity contribution in [2.24, 2.45) is 0 Å². The molecule has 0 aliphatic carbocycles. The highest BCUT2D eigenvalue weighted by molar-refractivity contribution is 7.91. The number of halogens is 1. The third-order valence-electron chi connectivity index (χ3n) is 3.31. The maximum absolute atomic E-state index is 12.2. The highest BCUT2D eigenvalue weighted by atomic mass is 35.5. The van der Waals surface area contributed by atoms with Gasteiger partial charge >= 0.3 is 5.97 Å². The summed E-state index contributed by atoms with van der Waals surface area (Å²) in [5, 5.41) is 8.81. The number of hydrogen-bond donors (Lipinski definition) is 1. The van der Waals surface area contributed by atoms with Crippen molar-refractivity contribution < 1.29 is 23.1 Å². The second-order valence-electron chi connectivity index (χ2n) is 4.72. The second kappa shape index (κ2) is 6.74. The van der Waals surface area contributed by atoms with Crippen LogP contribution >= 0.6 is 11.6 Å². The maximum atomic E-state index is 12.2. The molecule has 0 radical (unpaired) electrons.